The molecule has 10 heteroatoms. The number of anilines is 1. The molecule has 0 saturated carbocycles. The molecule has 0 bridgehead atoms. The predicted molar refractivity (Wildman–Crippen MR) is 162 cm³/mol. The number of amides is 2. The summed E-state index contributed by atoms with van der Waals surface area (Å²) in [5, 5.41) is 13.0. The number of rotatable bonds is 12. The molecular weight excluding hydrogens is 534 g/mol. The summed E-state index contributed by atoms with van der Waals surface area (Å²) >= 11 is 0. The van der Waals surface area contributed by atoms with E-state index in [4.69, 9.17) is 4.42 Å². The fourth-order valence-electron chi connectivity index (χ4n) is 4.76. The summed E-state index contributed by atoms with van der Waals surface area (Å²) in [6, 6.07) is 22.0. The summed E-state index contributed by atoms with van der Waals surface area (Å²) in [7, 11) is 5.50. The van der Waals surface area contributed by atoms with Gasteiger partial charge in [0.1, 0.15) is 6.04 Å². The standard InChI is InChI=1S/C32H37N5O5/c1-22-25(21-37(32(40)41)18-17-35(2)3)15-16-26-28(22)30(39)42-31(33-26)34-27(19-23-11-7-5-8-12-23)29(38)36(4)20-24-13-9-6-10-14-24/h5-16,27H,17-21H2,1-4H3,(H,33,34)(H,40,41)/t27-/m0/s1. The minimum absolute atomic E-state index is 0.0554. The molecule has 0 fully saturated rings. The molecule has 1 heterocycles. The number of hydrogen-bond donors (Lipinski definition) is 2. The van der Waals surface area contributed by atoms with Crippen LogP contribution in [0.25, 0.3) is 10.9 Å². The molecule has 1 aromatic heterocycles. The van der Waals surface area contributed by atoms with Gasteiger partial charge in [0, 0.05) is 39.6 Å². The highest BCUT2D eigenvalue weighted by Gasteiger charge is 2.25. The molecule has 2 amide bonds. The van der Waals surface area contributed by atoms with Gasteiger partial charge in [-0.05, 0) is 49.3 Å². The minimum atomic E-state index is -1.03. The van der Waals surface area contributed by atoms with Gasteiger partial charge in [-0.1, -0.05) is 66.7 Å². The highest BCUT2D eigenvalue weighted by molar-refractivity contribution is 5.85. The molecule has 42 heavy (non-hydrogen) atoms. The van der Waals surface area contributed by atoms with E-state index in [0.717, 1.165) is 11.1 Å². The van der Waals surface area contributed by atoms with Gasteiger partial charge in [-0.15, -0.1) is 0 Å². The fourth-order valence-corrected chi connectivity index (χ4v) is 4.76. The monoisotopic (exact) mass is 571 g/mol. The van der Waals surface area contributed by atoms with Crippen LogP contribution >= 0.6 is 0 Å². The van der Waals surface area contributed by atoms with Gasteiger partial charge in [-0.25, -0.2) is 9.59 Å². The van der Waals surface area contributed by atoms with Crippen LogP contribution in [0.4, 0.5) is 10.8 Å². The largest absolute Gasteiger partial charge is 0.465 e. The zero-order chi connectivity index (χ0) is 30.2. The predicted octanol–water partition coefficient (Wildman–Crippen LogP) is 4.22. The lowest BCUT2D eigenvalue weighted by Gasteiger charge is -2.25. The second kappa shape index (κ2) is 13.8. The number of hydrogen-bond acceptors (Lipinski definition) is 7. The summed E-state index contributed by atoms with van der Waals surface area (Å²) in [6.45, 7) is 3.21. The number of aryl methyl sites for hydroxylation is 1. The molecule has 0 aliphatic carbocycles. The number of likely N-dealkylation sites (N-methyl/N-ethyl adjacent to an activating group) is 2. The Morgan fingerprint density at radius 2 is 1.55 bits per heavy atom. The number of fused-ring (bicyclic) bond motifs is 1. The minimum Gasteiger partial charge on any atom is -0.465 e. The van der Waals surface area contributed by atoms with Gasteiger partial charge in [0.2, 0.25) is 5.91 Å². The van der Waals surface area contributed by atoms with Crippen molar-refractivity contribution in [1.82, 2.24) is 19.7 Å². The van der Waals surface area contributed by atoms with Crippen molar-refractivity contribution in [3.63, 3.8) is 0 Å². The number of carbonyl (C=O) groups is 2. The second-order valence-electron chi connectivity index (χ2n) is 10.6. The number of carboxylic acid groups (broad SMARTS) is 1. The first-order valence-electron chi connectivity index (χ1n) is 13.8. The molecule has 0 radical (unpaired) electrons. The molecule has 0 aliphatic heterocycles. The Morgan fingerprint density at radius 1 is 0.905 bits per heavy atom. The van der Waals surface area contributed by atoms with Crippen molar-refractivity contribution in [2.75, 3.05) is 39.5 Å². The highest BCUT2D eigenvalue weighted by atomic mass is 16.4. The van der Waals surface area contributed by atoms with Gasteiger partial charge >= 0.3 is 11.7 Å². The molecule has 0 saturated heterocycles. The Hall–Kier alpha value is -4.70. The maximum Gasteiger partial charge on any atom is 0.407 e. The molecule has 4 aromatic rings. The molecule has 220 valence electrons. The maximum absolute atomic E-state index is 13.6. The lowest BCUT2D eigenvalue weighted by molar-refractivity contribution is -0.131. The van der Waals surface area contributed by atoms with Crippen molar-refractivity contribution in [3.05, 3.63) is 105 Å². The van der Waals surface area contributed by atoms with Crippen LogP contribution < -0.4 is 10.9 Å². The molecule has 0 spiro atoms. The van der Waals surface area contributed by atoms with Crippen LogP contribution in [-0.2, 0) is 24.3 Å². The van der Waals surface area contributed by atoms with E-state index in [9.17, 15) is 19.5 Å². The lowest BCUT2D eigenvalue weighted by atomic mass is 10.0. The molecule has 2 N–H and O–H groups in total. The van der Waals surface area contributed by atoms with Crippen LogP contribution in [0.15, 0.2) is 82.0 Å². The molecule has 10 nitrogen and oxygen atoms in total. The SMILES string of the molecule is Cc1c(CN(CCN(C)C)C(=O)O)ccc2nc(N[C@@H](Cc3ccccc3)C(=O)N(C)Cc3ccccc3)oc(=O)c12. The third-order valence-corrected chi connectivity index (χ3v) is 7.14. The summed E-state index contributed by atoms with van der Waals surface area (Å²) in [6.07, 6.45) is -0.676. The van der Waals surface area contributed by atoms with Crippen molar-refractivity contribution >= 4 is 28.9 Å². The Balaban J connectivity index is 1.60. The number of nitrogens with zero attached hydrogens (tertiary/aromatic N) is 4. The third-order valence-electron chi connectivity index (χ3n) is 7.14. The van der Waals surface area contributed by atoms with E-state index in [1.54, 1.807) is 31.0 Å². The first-order valence-corrected chi connectivity index (χ1v) is 13.8. The summed E-state index contributed by atoms with van der Waals surface area (Å²) < 4.78 is 5.59. The quantitative estimate of drug-likeness (QED) is 0.260. The van der Waals surface area contributed by atoms with Gasteiger partial charge in [0.25, 0.3) is 6.01 Å². The molecular formula is C32H37N5O5. The number of aromatic nitrogens is 1. The molecule has 1 atom stereocenters. The van der Waals surface area contributed by atoms with E-state index in [1.807, 2.05) is 79.7 Å². The van der Waals surface area contributed by atoms with Crippen LogP contribution in [0.2, 0.25) is 0 Å². The van der Waals surface area contributed by atoms with Crippen LogP contribution in [0.3, 0.4) is 0 Å². The number of carbonyl (C=O) groups excluding carboxylic acids is 1. The van der Waals surface area contributed by atoms with Crippen molar-refractivity contribution in [3.8, 4) is 0 Å². The van der Waals surface area contributed by atoms with Gasteiger partial charge < -0.3 is 29.5 Å². The summed E-state index contributed by atoms with van der Waals surface area (Å²) in [5.41, 5.74) is 3.03. The van der Waals surface area contributed by atoms with Crippen LogP contribution in [0, 0.1) is 6.92 Å². The third kappa shape index (κ3) is 7.73. The van der Waals surface area contributed by atoms with Crippen molar-refractivity contribution < 1.29 is 19.1 Å². The Labute approximate surface area is 245 Å². The van der Waals surface area contributed by atoms with E-state index in [1.165, 1.54) is 4.90 Å². The van der Waals surface area contributed by atoms with E-state index in [-0.39, 0.29) is 23.9 Å². The van der Waals surface area contributed by atoms with Crippen molar-refractivity contribution in [2.24, 2.45) is 0 Å². The van der Waals surface area contributed by atoms with E-state index in [0.29, 0.717) is 42.7 Å². The number of nitrogens with one attached hydrogen (secondary N) is 1. The lowest BCUT2D eigenvalue weighted by Crippen LogP contribution is -2.42. The topological polar surface area (TPSA) is 119 Å². The Bertz CT molecular complexity index is 1570. The molecule has 0 aliphatic rings. The van der Waals surface area contributed by atoms with Crippen LogP contribution in [0.5, 0.6) is 0 Å². The smallest absolute Gasteiger partial charge is 0.407 e. The summed E-state index contributed by atoms with van der Waals surface area (Å²) in [4.78, 5) is 48.0. The molecule has 0 unspecified atom stereocenters. The van der Waals surface area contributed by atoms with Gasteiger partial charge in [-0.2, -0.15) is 4.98 Å². The van der Waals surface area contributed by atoms with Crippen LogP contribution in [0.1, 0.15) is 22.3 Å². The molecule has 4 rings (SSSR count). The van der Waals surface area contributed by atoms with E-state index < -0.39 is 17.8 Å². The first kappa shape index (κ1) is 30.3. The maximum atomic E-state index is 13.6. The van der Waals surface area contributed by atoms with Gasteiger partial charge in [0.05, 0.1) is 10.9 Å². The Kier molecular flexibility index (Phi) is 9.93. The fraction of sp³-hybridized carbons (Fsp3) is 0.312. The normalized spacial score (nSPS) is 11.8. The van der Waals surface area contributed by atoms with Crippen LogP contribution in [-0.4, -0.2) is 77.1 Å². The van der Waals surface area contributed by atoms with E-state index in [2.05, 4.69) is 10.3 Å². The zero-order valence-electron chi connectivity index (χ0n) is 24.4. The summed E-state index contributed by atoms with van der Waals surface area (Å²) in [5.74, 6) is -0.176. The average Bonchev–Trinajstić information content (AvgIpc) is 2.96. The highest BCUT2D eigenvalue weighted by Crippen LogP contribution is 2.22. The second-order valence-corrected chi connectivity index (χ2v) is 10.6. The molecule has 3 aromatic carbocycles. The number of benzene rings is 3. The van der Waals surface area contributed by atoms with Gasteiger partial charge in [0.15, 0.2) is 0 Å². The van der Waals surface area contributed by atoms with Crippen molar-refractivity contribution in [1.29, 1.82) is 0 Å². The van der Waals surface area contributed by atoms with Crippen molar-refractivity contribution in [2.45, 2.75) is 32.5 Å². The average molecular weight is 572 g/mol. The first-order chi connectivity index (χ1) is 20.1. The van der Waals surface area contributed by atoms with E-state index >= 15 is 0 Å². The van der Waals surface area contributed by atoms with Gasteiger partial charge in [-0.3, -0.25) is 4.79 Å². The zero-order valence-corrected chi connectivity index (χ0v) is 24.4. The Morgan fingerprint density at radius 3 is 2.17 bits per heavy atom.